The van der Waals surface area contributed by atoms with E-state index in [0.717, 1.165) is 25.7 Å². The van der Waals surface area contributed by atoms with Crippen LogP contribution in [0.3, 0.4) is 0 Å². The molecule has 0 saturated heterocycles. The van der Waals surface area contributed by atoms with Crippen molar-refractivity contribution in [1.82, 2.24) is 0 Å². The molecular formula is C30H48O3. The summed E-state index contributed by atoms with van der Waals surface area (Å²) in [6.45, 7) is 16.5. The predicted octanol–water partition coefficient (Wildman–Crippen LogP) is 7.54. The van der Waals surface area contributed by atoms with Crippen molar-refractivity contribution in [2.75, 3.05) is 0 Å². The Hall–Kier alpha value is -1.09. The smallest absolute Gasteiger partial charge is 0.330 e. The summed E-state index contributed by atoms with van der Waals surface area (Å²) in [5.41, 5.74) is 4.95. The Morgan fingerprint density at radius 2 is 1.73 bits per heavy atom. The van der Waals surface area contributed by atoms with E-state index >= 15 is 0 Å². The van der Waals surface area contributed by atoms with Gasteiger partial charge in [-0.3, -0.25) is 0 Å². The molecule has 3 nitrogen and oxygen atoms in total. The second-order valence-corrected chi connectivity index (χ2v) is 13.5. The number of carbonyl (C=O) groups is 1. The van der Waals surface area contributed by atoms with Gasteiger partial charge in [-0.25, -0.2) is 4.79 Å². The first-order chi connectivity index (χ1) is 15.3. The van der Waals surface area contributed by atoms with Crippen LogP contribution in [0.5, 0.6) is 0 Å². The van der Waals surface area contributed by atoms with Crippen molar-refractivity contribution in [3.05, 3.63) is 22.8 Å². The molecule has 0 spiro atoms. The van der Waals surface area contributed by atoms with Crippen molar-refractivity contribution in [2.24, 2.45) is 39.4 Å². The third kappa shape index (κ3) is 3.58. The topological polar surface area (TPSA) is 57.5 Å². The number of aliphatic carboxylic acids is 1. The SMILES string of the molecule is CC(=CCC[C@H](C)[C@H]1CC[C@@]2(C)C3=C(CC[C@]12C)[C@@]1(C)CC[C@@H](O)C(C)(C)[C@@H]1CC3)C(=O)O. The molecule has 4 aliphatic carbocycles. The van der Waals surface area contributed by atoms with Gasteiger partial charge in [0.2, 0.25) is 0 Å². The van der Waals surface area contributed by atoms with Gasteiger partial charge in [0.15, 0.2) is 0 Å². The van der Waals surface area contributed by atoms with E-state index in [1.165, 1.54) is 38.5 Å². The Bertz CT molecular complexity index is 866. The first-order valence-electron chi connectivity index (χ1n) is 13.6. The number of fused-ring (bicyclic) bond motifs is 4. The lowest BCUT2D eigenvalue weighted by Gasteiger charge is -2.62. The first-order valence-corrected chi connectivity index (χ1v) is 13.6. The van der Waals surface area contributed by atoms with Crippen LogP contribution in [0, 0.1) is 39.4 Å². The van der Waals surface area contributed by atoms with Gasteiger partial charge in [-0.2, -0.15) is 0 Å². The van der Waals surface area contributed by atoms with Crippen LogP contribution in [-0.4, -0.2) is 22.3 Å². The van der Waals surface area contributed by atoms with Crippen LogP contribution >= 0.6 is 0 Å². The van der Waals surface area contributed by atoms with Crippen LogP contribution in [0.25, 0.3) is 0 Å². The highest BCUT2D eigenvalue weighted by Crippen LogP contribution is 2.72. The monoisotopic (exact) mass is 456 g/mol. The maximum absolute atomic E-state index is 11.1. The largest absolute Gasteiger partial charge is 0.478 e. The molecular weight excluding hydrogens is 408 g/mol. The van der Waals surface area contributed by atoms with Crippen LogP contribution in [0.4, 0.5) is 0 Å². The Labute approximate surface area is 202 Å². The fourth-order valence-corrected chi connectivity index (χ4v) is 9.48. The molecule has 0 bridgehead atoms. The Morgan fingerprint density at radius 1 is 1.03 bits per heavy atom. The predicted molar refractivity (Wildman–Crippen MR) is 135 cm³/mol. The second kappa shape index (κ2) is 8.25. The molecule has 0 aromatic rings. The summed E-state index contributed by atoms with van der Waals surface area (Å²) < 4.78 is 0. The van der Waals surface area contributed by atoms with E-state index < -0.39 is 5.97 Å². The van der Waals surface area contributed by atoms with Crippen molar-refractivity contribution in [3.8, 4) is 0 Å². The summed E-state index contributed by atoms with van der Waals surface area (Å²) in [5, 5.41) is 20.0. The van der Waals surface area contributed by atoms with Crippen LogP contribution in [0.2, 0.25) is 0 Å². The summed E-state index contributed by atoms with van der Waals surface area (Å²) in [7, 11) is 0. The average Bonchev–Trinajstić information content (AvgIpc) is 3.02. The van der Waals surface area contributed by atoms with Gasteiger partial charge < -0.3 is 10.2 Å². The zero-order chi connectivity index (χ0) is 24.4. The number of aliphatic hydroxyl groups is 1. The first kappa shape index (κ1) is 25.0. The average molecular weight is 457 g/mol. The van der Waals surface area contributed by atoms with Crippen LogP contribution in [0.15, 0.2) is 22.8 Å². The maximum Gasteiger partial charge on any atom is 0.330 e. The van der Waals surface area contributed by atoms with Crippen molar-refractivity contribution in [1.29, 1.82) is 0 Å². The minimum atomic E-state index is -0.794. The van der Waals surface area contributed by atoms with Gasteiger partial charge in [0.1, 0.15) is 0 Å². The van der Waals surface area contributed by atoms with Gasteiger partial charge in [0, 0.05) is 5.57 Å². The summed E-state index contributed by atoms with van der Waals surface area (Å²) in [4.78, 5) is 11.1. The Balaban J connectivity index is 1.60. The number of allylic oxidation sites excluding steroid dienone is 3. The summed E-state index contributed by atoms with van der Waals surface area (Å²) in [6, 6.07) is 0. The maximum atomic E-state index is 11.1. The van der Waals surface area contributed by atoms with E-state index in [-0.39, 0.29) is 16.9 Å². The van der Waals surface area contributed by atoms with Gasteiger partial charge in [0.25, 0.3) is 0 Å². The standard InChI is InChI=1S/C30H48O3/c1-19(9-8-10-20(2)26(32)33)21-13-17-30(7)23-11-12-24-27(3,4)25(31)15-16-28(24,5)22(23)14-18-29(21,30)6/h10,19,21,24-25,31H,8-9,11-18H2,1-7H3,(H,32,33)/t19-,21+,24-,25+,28+,29+,30-/m0/s1. The van der Waals surface area contributed by atoms with Gasteiger partial charge in [-0.05, 0) is 111 Å². The fraction of sp³-hybridized carbons (Fsp3) is 0.833. The molecule has 2 fully saturated rings. The second-order valence-electron chi connectivity index (χ2n) is 13.5. The van der Waals surface area contributed by atoms with Gasteiger partial charge in [-0.1, -0.05) is 58.8 Å². The van der Waals surface area contributed by atoms with E-state index in [9.17, 15) is 9.90 Å². The Morgan fingerprint density at radius 3 is 2.39 bits per heavy atom. The fourth-order valence-electron chi connectivity index (χ4n) is 9.48. The molecule has 0 amide bonds. The zero-order valence-corrected chi connectivity index (χ0v) is 22.3. The molecule has 0 heterocycles. The molecule has 3 heteroatoms. The van der Waals surface area contributed by atoms with Crippen LogP contribution < -0.4 is 0 Å². The van der Waals surface area contributed by atoms with Gasteiger partial charge in [-0.15, -0.1) is 0 Å². The molecule has 7 atom stereocenters. The number of rotatable bonds is 5. The minimum Gasteiger partial charge on any atom is -0.478 e. The number of aliphatic hydroxyl groups excluding tert-OH is 1. The highest BCUT2D eigenvalue weighted by Gasteiger charge is 2.63. The highest BCUT2D eigenvalue weighted by atomic mass is 16.4. The summed E-state index contributed by atoms with van der Waals surface area (Å²) in [5.74, 6) is 1.12. The van der Waals surface area contributed by atoms with Crippen molar-refractivity contribution >= 4 is 5.97 Å². The summed E-state index contributed by atoms with van der Waals surface area (Å²) >= 11 is 0. The number of carboxylic acids is 1. The van der Waals surface area contributed by atoms with Crippen molar-refractivity contribution in [2.45, 2.75) is 119 Å². The summed E-state index contributed by atoms with van der Waals surface area (Å²) in [6.07, 6.45) is 13.3. The quantitative estimate of drug-likeness (QED) is 0.332. The molecule has 0 aromatic heterocycles. The molecule has 4 aliphatic rings. The van der Waals surface area contributed by atoms with E-state index in [4.69, 9.17) is 5.11 Å². The Kier molecular flexibility index (Phi) is 6.25. The van der Waals surface area contributed by atoms with Crippen molar-refractivity contribution in [3.63, 3.8) is 0 Å². The molecule has 0 radical (unpaired) electrons. The molecule has 0 aliphatic heterocycles. The van der Waals surface area contributed by atoms with Crippen LogP contribution in [-0.2, 0) is 4.79 Å². The zero-order valence-electron chi connectivity index (χ0n) is 22.3. The van der Waals surface area contributed by atoms with E-state index in [0.29, 0.717) is 34.2 Å². The number of carboxylic acid groups (broad SMARTS) is 1. The van der Waals surface area contributed by atoms with Crippen LogP contribution in [0.1, 0.15) is 113 Å². The van der Waals surface area contributed by atoms with E-state index in [1.807, 2.05) is 6.08 Å². The van der Waals surface area contributed by atoms with Crippen molar-refractivity contribution < 1.29 is 15.0 Å². The normalized spacial score (nSPS) is 43.5. The molecule has 0 unspecified atom stereocenters. The molecule has 2 saturated carbocycles. The lowest BCUT2D eigenvalue weighted by atomic mass is 9.43. The highest BCUT2D eigenvalue weighted by molar-refractivity contribution is 5.85. The minimum absolute atomic E-state index is 0.00150. The van der Waals surface area contributed by atoms with Gasteiger partial charge in [0.05, 0.1) is 6.10 Å². The number of hydrogen-bond acceptors (Lipinski definition) is 2. The third-order valence-electron chi connectivity index (χ3n) is 11.9. The van der Waals surface area contributed by atoms with Gasteiger partial charge >= 0.3 is 5.97 Å². The lowest BCUT2D eigenvalue weighted by Crippen LogP contribution is -2.55. The molecule has 186 valence electrons. The van der Waals surface area contributed by atoms with E-state index in [1.54, 1.807) is 18.1 Å². The third-order valence-corrected chi connectivity index (χ3v) is 11.9. The lowest BCUT2D eigenvalue weighted by molar-refractivity contribution is -0.132. The van der Waals surface area contributed by atoms with E-state index in [2.05, 4.69) is 41.5 Å². The molecule has 4 rings (SSSR count). The molecule has 2 N–H and O–H groups in total. The molecule has 0 aromatic carbocycles. The number of hydrogen-bond donors (Lipinski definition) is 2. The molecule has 33 heavy (non-hydrogen) atoms.